The first-order chi connectivity index (χ1) is 12.9. The molecule has 2 aromatic rings. The summed E-state index contributed by atoms with van der Waals surface area (Å²) in [5, 5.41) is 13.9. The van der Waals surface area contributed by atoms with Gasteiger partial charge in [0.05, 0.1) is 11.5 Å². The zero-order valence-corrected chi connectivity index (χ0v) is 15.1. The van der Waals surface area contributed by atoms with E-state index in [1.807, 2.05) is 24.3 Å². The van der Waals surface area contributed by atoms with Crippen molar-refractivity contribution in [2.45, 2.75) is 26.4 Å². The first kappa shape index (κ1) is 18.6. The van der Waals surface area contributed by atoms with Crippen molar-refractivity contribution in [3.63, 3.8) is 0 Å². The molecule has 1 aliphatic heterocycles. The normalized spacial score (nSPS) is 13.3. The van der Waals surface area contributed by atoms with E-state index in [4.69, 9.17) is 9.47 Å². The number of amides is 1. The van der Waals surface area contributed by atoms with Crippen LogP contribution in [0.15, 0.2) is 42.5 Å². The number of nitro groups is 1. The van der Waals surface area contributed by atoms with Gasteiger partial charge in [-0.1, -0.05) is 26.0 Å². The van der Waals surface area contributed by atoms with Crippen molar-refractivity contribution in [1.29, 1.82) is 0 Å². The summed E-state index contributed by atoms with van der Waals surface area (Å²) in [6.45, 7) is 4.50. The van der Waals surface area contributed by atoms with Crippen LogP contribution in [0, 0.1) is 10.1 Å². The Hall–Kier alpha value is -3.19. The van der Waals surface area contributed by atoms with Gasteiger partial charge in [-0.15, -0.1) is 0 Å². The van der Waals surface area contributed by atoms with Crippen LogP contribution in [0.2, 0.25) is 0 Å². The smallest absolute Gasteiger partial charge is 0.270 e. The van der Waals surface area contributed by atoms with Crippen LogP contribution in [0.1, 0.15) is 36.5 Å². The molecule has 1 amide bonds. The van der Waals surface area contributed by atoms with Crippen LogP contribution < -0.4 is 10.1 Å². The van der Waals surface area contributed by atoms with Crippen LogP contribution in [0.25, 0.3) is 6.08 Å². The van der Waals surface area contributed by atoms with Crippen molar-refractivity contribution in [1.82, 2.24) is 0 Å². The molecular formula is C20H20N2O5. The van der Waals surface area contributed by atoms with Gasteiger partial charge in [0.1, 0.15) is 5.75 Å². The highest BCUT2D eigenvalue weighted by Gasteiger charge is 2.19. The second-order valence-electron chi connectivity index (χ2n) is 6.49. The van der Waals surface area contributed by atoms with Gasteiger partial charge >= 0.3 is 0 Å². The number of fused-ring (bicyclic) bond motifs is 1. The highest BCUT2D eigenvalue weighted by molar-refractivity contribution is 6.02. The highest BCUT2D eigenvalue weighted by atomic mass is 16.7. The maximum atomic E-state index is 12.2. The minimum Gasteiger partial charge on any atom is -0.467 e. The first-order valence-electron chi connectivity index (χ1n) is 8.55. The van der Waals surface area contributed by atoms with Crippen LogP contribution >= 0.6 is 0 Å². The molecule has 3 rings (SSSR count). The van der Waals surface area contributed by atoms with E-state index in [1.54, 1.807) is 0 Å². The molecule has 140 valence electrons. The van der Waals surface area contributed by atoms with Crippen molar-refractivity contribution < 1.29 is 19.2 Å². The van der Waals surface area contributed by atoms with E-state index >= 15 is 0 Å². The van der Waals surface area contributed by atoms with Crippen LogP contribution in [0.4, 0.5) is 11.4 Å². The summed E-state index contributed by atoms with van der Waals surface area (Å²) in [6, 6.07) is 10.4. The summed E-state index contributed by atoms with van der Waals surface area (Å²) in [5.41, 5.74) is 2.84. The lowest BCUT2D eigenvalue weighted by Crippen LogP contribution is -2.13. The van der Waals surface area contributed by atoms with Gasteiger partial charge in [0.15, 0.2) is 6.79 Å². The third-order valence-corrected chi connectivity index (χ3v) is 4.19. The number of nitrogens with one attached hydrogen (secondary N) is 1. The standard InChI is InChI=1S/C20H20N2O5/c1-13(2)14-3-6-17(7-4-14)21-19(23)8-5-15-9-18(22(24)25)10-16-11-26-12-27-20(15)16/h3-10,13H,11-12H2,1-2H3,(H,21,23)/b8-5+. The predicted molar refractivity (Wildman–Crippen MR) is 102 cm³/mol. The van der Waals surface area contributed by atoms with Crippen molar-refractivity contribution in [3.8, 4) is 5.75 Å². The summed E-state index contributed by atoms with van der Waals surface area (Å²) in [5.74, 6) is 0.579. The molecule has 0 saturated carbocycles. The van der Waals surface area contributed by atoms with Gasteiger partial charge in [-0.3, -0.25) is 14.9 Å². The number of anilines is 1. The molecule has 1 aliphatic rings. The predicted octanol–water partition coefficient (Wildman–Crippen LogP) is 4.24. The van der Waals surface area contributed by atoms with Gasteiger partial charge in [0.2, 0.25) is 5.91 Å². The monoisotopic (exact) mass is 368 g/mol. The van der Waals surface area contributed by atoms with Gasteiger partial charge in [0, 0.05) is 35.0 Å². The van der Waals surface area contributed by atoms with E-state index in [1.165, 1.54) is 29.8 Å². The number of nitro benzene ring substituents is 1. The molecule has 7 heteroatoms. The number of hydrogen-bond donors (Lipinski definition) is 1. The zero-order valence-electron chi connectivity index (χ0n) is 15.1. The van der Waals surface area contributed by atoms with E-state index in [2.05, 4.69) is 19.2 Å². The van der Waals surface area contributed by atoms with E-state index < -0.39 is 4.92 Å². The lowest BCUT2D eigenvalue weighted by molar-refractivity contribution is -0.385. The third kappa shape index (κ3) is 4.51. The minimum absolute atomic E-state index is 0.0695. The Morgan fingerprint density at radius 3 is 2.67 bits per heavy atom. The number of carbonyl (C=O) groups excluding carboxylic acids is 1. The number of carbonyl (C=O) groups is 1. The molecule has 1 N–H and O–H groups in total. The molecule has 0 spiro atoms. The molecule has 1 heterocycles. The average molecular weight is 368 g/mol. The van der Waals surface area contributed by atoms with E-state index in [0.29, 0.717) is 28.5 Å². The molecule has 0 radical (unpaired) electrons. The topological polar surface area (TPSA) is 90.7 Å². The Balaban J connectivity index is 1.77. The van der Waals surface area contributed by atoms with Crippen LogP contribution in [-0.2, 0) is 16.1 Å². The molecule has 0 bridgehead atoms. The molecule has 27 heavy (non-hydrogen) atoms. The number of nitrogens with zero attached hydrogens (tertiary/aromatic N) is 1. The molecule has 0 unspecified atom stereocenters. The number of non-ortho nitro benzene ring substituents is 1. The highest BCUT2D eigenvalue weighted by Crippen LogP contribution is 2.33. The molecule has 0 saturated heterocycles. The molecule has 0 aromatic heterocycles. The van der Waals surface area contributed by atoms with Gasteiger partial charge in [-0.05, 0) is 29.7 Å². The molecule has 0 atom stereocenters. The molecule has 0 aliphatic carbocycles. The van der Waals surface area contributed by atoms with Gasteiger partial charge in [-0.2, -0.15) is 0 Å². The zero-order chi connectivity index (χ0) is 19.4. The number of benzene rings is 2. The molecule has 0 fully saturated rings. The van der Waals surface area contributed by atoms with Crippen LogP contribution in [0.3, 0.4) is 0 Å². The van der Waals surface area contributed by atoms with Crippen LogP contribution in [0.5, 0.6) is 5.75 Å². The summed E-state index contributed by atoms with van der Waals surface area (Å²) < 4.78 is 10.6. The summed E-state index contributed by atoms with van der Waals surface area (Å²) in [7, 11) is 0. The third-order valence-electron chi connectivity index (χ3n) is 4.19. The SMILES string of the molecule is CC(C)c1ccc(NC(=O)/C=C/c2cc([N+](=O)[O-])cc3c2OCOC3)cc1. The van der Waals surface area contributed by atoms with Crippen molar-refractivity contribution in [2.75, 3.05) is 12.1 Å². The fourth-order valence-electron chi connectivity index (χ4n) is 2.76. The number of ether oxygens (including phenoxy) is 2. The lowest BCUT2D eigenvalue weighted by Gasteiger charge is -2.19. The average Bonchev–Trinajstić information content (AvgIpc) is 2.66. The lowest BCUT2D eigenvalue weighted by atomic mass is 10.0. The van der Waals surface area contributed by atoms with E-state index in [-0.39, 0.29) is 25.0 Å². The van der Waals surface area contributed by atoms with Gasteiger partial charge in [0.25, 0.3) is 5.69 Å². The molecule has 2 aromatic carbocycles. The molecule has 7 nitrogen and oxygen atoms in total. The maximum Gasteiger partial charge on any atom is 0.270 e. The van der Waals surface area contributed by atoms with E-state index in [0.717, 1.165) is 0 Å². The maximum absolute atomic E-state index is 12.2. The second-order valence-corrected chi connectivity index (χ2v) is 6.49. The first-order valence-corrected chi connectivity index (χ1v) is 8.55. The Labute approximate surface area is 156 Å². The largest absolute Gasteiger partial charge is 0.467 e. The second kappa shape index (κ2) is 8.01. The fourth-order valence-corrected chi connectivity index (χ4v) is 2.76. The minimum atomic E-state index is -0.484. The van der Waals surface area contributed by atoms with Crippen LogP contribution in [-0.4, -0.2) is 17.6 Å². The van der Waals surface area contributed by atoms with Crippen molar-refractivity contribution in [2.24, 2.45) is 0 Å². The summed E-state index contributed by atoms with van der Waals surface area (Å²) in [6.07, 6.45) is 2.84. The van der Waals surface area contributed by atoms with E-state index in [9.17, 15) is 14.9 Å². The number of rotatable bonds is 5. The fraction of sp³-hybridized carbons (Fsp3) is 0.250. The van der Waals surface area contributed by atoms with Gasteiger partial charge < -0.3 is 14.8 Å². The Morgan fingerprint density at radius 1 is 1.26 bits per heavy atom. The summed E-state index contributed by atoms with van der Waals surface area (Å²) in [4.78, 5) is 22.8. The van der Waals surface area contributed by atoms with Crippen molar-refractivity contribution >= 4 is 23.4 Å². The number of hydrogen-bond acceptors (Lipinski definition) is 5. The molecular weight excluding hydrogens is 348 g/mol. The summed E-state index contributed by atoms with van der Waals surface area (Å²) >= 11 is 0. The van der Waals surface area contributed by atoms with Gasteiger partial charge in [-0.25, -0.2) is 0 Å². The Morgan fingerprint density at radius 2 is 2.00 bits per heavy atom. The Bertz CT molecular complexity index is 888. The van der Waals surface area contributed by atoms with Crippen molar-refractivity contribution in [3.05, 3.63) is 69.3 Å². The quantitative estimate of drug-likeness (QED) is 0.484. The Kier molecular flexibility index (Phi) is 5.52.